The number of rotatable bonds is 10. The Hall–Kier alpha value is -4.51. The zero-order valence-electron chi connectivity index (χ0n) is 20.8. The maximum atomic E-state index is 13.9. The number of hydrogen-bond acceptors (Lipinski definition) is 8. The van der Waals surface area contributed by atoms with Crippen molar-refractivity contribution in [1.82, 2.24) is 20.9 Å². The minimum atomic E-state index is -1.28. The molecule has 2 aromatic carbocycles. The number of aromatic nitrogens is 1. The summed E-state index contributed by atoms with van der Waals surface area (Å²) in [6, 6.07) is 15.5. The lowest BCUT2D eigenvalue weighted by Gasteiger charge is -2.29. The number of amides is 2. The number of methoxy groups -OCH3 is 1. The van der Waals surface area contributed by atoms with Gasteiger partial charge >= 0.3 is 6.09 Å². The van der Waals surface area contributed by atoms with E-state index in [1.165, 1.54) is 13.3 Å². The smallest absolute Gasteiger partial charge is 0.407 e. The first-order valence-electron chi connectivity index (χ1n) is 12.2. The summed E-state index contributed by atoms with van der Waals surface area (Å²) in [5, 5.41) is 16.1. The zero-order valence-corrected chi connectivity index (χ0v) is 20.8. The second kappa shape index (κ2) is 12.2. The average molecular weight is 519 g/mol. The van der Waals surface area contributed by atoms with Gasteiger partial charge in [0.25, 0.3) is 0 Å². The number of nitrogen functional groups attached to an aromatic ring is 1. The summed E-state index contributed by atoms with van der Waals surface area (Å²) < 4.78 is 10.4. The first kappa shape index (κ1) is 26.6. The van der Waals surface area contributed by atoms with Crippen LogP contribution in [0.5, 0.6) is 0 Å². The van der Waals surface area contributed by atoms with Crippen molar-refractivity contribution in [3.8, 4) is 0 Å². The molecular weight excluding hydrogens is 488 g/mol. The molecule has 198 valence electrons. The van der Waals surface area contributed by atoms with Gasteiger partial charge in [-0.05, 0) is 30.5 Å². The van der Waals surface area contributed by atoms with Crippen molar-refractivity contribution in [3.63, 3.8) is 0 Å². The minimum Gasteiger partial charge on any atom is -0.453 e. The number of ketones is 1. The van der Waals surface area contributed by atoms with E-state index >= 15 is 0 Å². The molecule has 38 heavy (non-hydrogen) atoms. The van der Waals surface area contributed by atoms with Crippen LogP contribution in [0.4, 0.5) is 4.79 Å². The van der Waals surface area contributed by atoms with Gasteiger partial charge in [0.05, 0.1) is 19.3 Å². The van der Waals surface area contributed by atoms with Crippen LogP contribution in [0.3, 0.4) is 0 Å². The summed E-state index contributed by atoms with van der Waals surface area (Å²) in [5.41, 5.74) is 7.06. The van der Waals surface area contributed by atoms with Crippen molar-refractivity contribution in [3.05, 3.63) is 89.6 Å². The molecule has 11 nitrogen and oxygen atoms in total. The third-order valence-electron chi connectivity index (χ3n) is 6.40. The highest BCUT2D eigenvalue weighted by Gasteiger charge is 2.39. The third-order valence-corrected chi connectivity index (χ3v) is 6.40. The second-order valence-electron chi connectivity index (χ2n) is 8.88. The van der Waals surface area contributed by atoms with Gasteiger partial charge in [-0.1, -0.05) is 60.7 Å². The molecule has 1 fully saturated rings. The number of carbonyl (C=O) groups excluding carboxylic acids is 3. The van der Waals surface area contributed by atoms with E-state index in [0.717, 1.165) is 17.5 Å². The average Bonchev–Trinajstić information content (AvgIpc) is 3.65. The first-order valence-corrected chi connectivity index (χ1v) is 12.2. The SMILES string of the molecule is COC(=O)N[C@@H](C(=O)NC(C(=O)[C@@H]1CCCN1)c1ncc(C(=N)N)o1)C(c1ccccc1)c1ccccc1. The molecule has 4 rings (SSSR count). The molecule has 2 heterocycles. The van der Waals surface area contributed by atoms with Crippen LogP contribution in [-0.2, 0) is 14.3 Å². The highest BCUT2D eigenvalue weighted by atomic mass is 16.5. The Bertz CT molecular complexity index is 1230. The molecule has 3 atom stereocenters. The van der Waals surface area contributed by atoms with E-state index in [1.807, 2.05) is 60.7 Å². The normalized spacial score (nSPS) is 16.4. The first-order chi connectivity index (χ1) is 18.4. The van der Waals surface area contributed by atoms with Gasteiger partial charge in [-0.3, -0.25) is 15.0 Å². The van der Waals surface area contributed by atoms with Crippen LogP contribution in [-0.4, -0.2) is 54.3 Å². The van der Waals surface area contributed by atoms with Crippen LogP contribution in [0.25, 0.3) is 0 Å². The molecule has 1 aromatic heterocycles. The third kappa shape index (κ3) is 6.06. The monoisotopic (exact) mass is 518 g/mol. The largest absolute Gasteiger partial charge is 0.453 e. The van der Waals surface area contributed by atoms with Crippen molar-refractivity contribution < 1.29 is 23.5 Å². The van der Waals surface area contributed by atoms with Gasteiger partial charge in [-0.25, -0.2) is 9.78 Å². The van der Waals surface area contributed by atoms with Crippen LogP contribution >= 0.6 is 0 Å². The van der Waals surface area contributed by atoms with Gasteiger partial charge in [0.15, 0.2) is 23.4 Å². The lowest BCUT2D eigenvalue weighted by Crippen LogP contribution is -2.53. The fourth-order valence-electron chi connectivity index (χ4n) is 4.55. The molecule has 6 N–H and O–H groups in total. The van der Waals surface area contributed by atoms with E-state index in [9.17, 15) is 14.4 Å². The van der Waals surface area contributed by atoms with Crippen LogP contribution in [0.1, 0.15) is 47.6 Å². The van der Waals surface area contributed by atoms with Crippen molar-refractivity contribution in [2.24, 2.45) is 5.73 Å². The molecule has 1 aliphatic rings. The van der Waals surface area contributed by atoms with Gasteiger partial charge in [-0.15, -0.1) is 0 Å². The summed E-state index contributed by atoms with van der Waals surface area (Å²) in [6.45, 7) is 0.665. The molecule has 11 heteroatoms. The number of hydrogen-bond donors (Lipinski definition) is 5. The number of benzene rings is 2. The number of Topliss-reactive ketones (excluding diaryl/α,β-unsaturated/α-hetero) is 1. The topological polar surface area (TPSA) is 172 Å². The Morgan fingerprint density at radius 3 is 2.21 bits per heavy atom. The van der Waals surface area contributed by atoms with Crippen molar-refractivity contribution in [2.75, 3.05) is 13.7 Å². The number of amidine groups is 1. The maximum Gasteiger partial charge on any atom is 0.407 e. The summed E-state index contributed by atoms with van der Waals surface area (Å²) in [4.78, 5) is 44.0. The lowest BCUT2D eigenvalue weighted by molar-refractivity contribution is -0.130. The Labute approximate surface area is 219 Å². The van der Waals surface area contributed by atoms with E-state index in [0.29, 0.717) is 13.0 Å². The van der Waals surface area contributed by atoms with Gasteiger partial charge in [-0.2, -0.15) is 0 Å². The summed E-state index contributed by atoms with van der Waals surface area (Å²) >= 11 is 0. The fourth-order valence-corrected chi connectivity index (χ4v) is 4.55. The van der Waals surface area contributed by atoms with E-state index in [4.69, 9.17) is 20.3 Å². The molecule has 0 radical (unpaired) electrons. The number of ether oxygens (including phenoxy) is 1. The van der Waals surface area contributed by atoms with Crippen molar-refractivity contribution in [2.45, 2.75) is 36.9 Å². The summed E-state index contributed by atoms with van der Waals surface area (Å²) in [6.07, 6.45) is 1.81. The number of alkyl carbamates (subject to hydrolysis) is 1. The molecule has 1 aliphatic heterocycles. The van der Waals surface area contributed by atoms with Gasteiger partial charge in [0, 0.05) is 5.92 Å². The van der Waals surface area contributed by atoms with Crippen LogP contribution in [0.2, 0.25) is 0 Å². The number of carbonyl (C=O) groups is 3. The Kier molecular flexibility index (Phi) is 8.49. The van der Waals surface area contributed by atoms with Gasteiger partial charge < -0.3 is 30.8 Å². The number of nitrogens with two attached hydrogens (primary N) is 1. The Morgan fingerprint density at radius 1 is 1.08 bits per heavy atom. The van der Waals surface area contributed by atoms with Crippen LogP contribution in [0.15, 0.2) is 71.3 Å². The number of oxazole rings is 1. The van der Waals surface area contributed by atoms with Crippen molar-refractivity contribution >= 4 is 23.6 Å². The van der Waals surface area contributed by atoms with Gasteiger partial charge in [0.2, 0.25) is 11.8 Å². The Morgan fingerprint density at radius 2 is 1.71 bits per heavy atom. The van der Waals surface area contributed by atoms with E-state index < -0.39 is 36.0 Å². The number of nitrogens with one attached hydrogen (secondary N) is 4. The highest BCUT2D eigenvalue weighted by molar-refractivity contribution is 5.96. The molecule has 0 saturated carbocycles. The predicted octanol–water partition coefficient (Wildman–Crippen LogP) is 1.99. The summed E-state index contributed by atoms with van der Waals surface area (Å²) in [5.74, 6) is -2.10. The molecule has 0 bridgehead atoms. The molecule has 2 amide bonds. The van der Waals surface area contributed by atoms with Crippen molar-refractivity contribution in [1.29, 1.82) is 5.41 Å². The summed E-state index contributed by atoms with van der Waals surface area (Å²) in [7, 11) is 1.21. The van der Waals surface area contributed by atoms with E-state index in [2.05, 4.69) is 20.9 Å². The van der Waals surface area contributed by atoms with Gasteiger partial charge in [0.1, 0.15) is 6.04 Å². The number of nitrogens with zero attached hydrogens (tertiary/aromatic N) is 1. The molecule has 1 unspecified atom stereocenters. The van der Waals surface area contributed by atoms with Crippen LogP contribution in [0, 0.1) is 5.41 Å². The quantitative estimate of drug-likeness (QED) is 0.200. The maximum absolute atomic E-state index is 13.9. The molecule has 3 aromatic rings. The Balaban J connectivity index is 1.73. The zero-order chi connectivity index (χ0) is 27.1. The molecule has 1 saturated heterocycles. The standard InChI is InChI=1S/C27H30N6O5/c1-37-27(36)33-21(20(16-9-4-2-5-10-16)17-11-6-3-7-12-17)25(35)32-22(23(34)18-13-8-14-30-18)26-31-15-19(38-26)24(28)29/h2-7,9-12,15,18,20-22,30H,8,13-14H2,1H3,(H3,28,29)(H,32,35)(H,33,36)/t18-,21+,22?/m0/s1. The van der Waals surface area contributed by atoms with Crippen LogP contribution < -0.4 is 21.7 Å². The molecule has 0 aliphatic carbocycles. The van der Waals surface area contributed by atoms with E-state index in [1.54, 1.807) is 0 Å². The fraction of sp³-hybridized carbons (Fsp3) is 0.296. The molecule has 0 spiro atoms. The predicted molar refractivity (Wildman–Crippen MR) is 138 cm³/mol. The molecular formula is C27H30N6O5. The van der Waals surface area contributed by atoms with E-state index in [-0.39, 0.29) is 23.3 Å². The lowest BCUT2D eigenvalue weighted by atomic mass is 9.84. The second-order valence-corrected chi connectivity index (χ2v) is 8.88. The highest BCUT2D eigenvalue weighted by Crippen LogP contribution is 2.29. The minimum absolute atomic E-state index is 0.0258.